The molecule has 0 bridgehead atoms. The Hall–Kier alpha value is -0.390. The maximum atomic E-state index is 6.80. The van der Waals surface area contributed by atoms with E-state index in [4.69, 9.17) is 4.52 Å². The Morgan fingerprint density at radius 1 is 1.00 bits per heavy atom. The van der Waals surface area contributed by atoms with Gasteiger partial charge in [0.2, 0.25) is 0 Å². The Morgan fingerprint density at radius 2 is 1.60 bits per heavy atom. The van der Waals surface area contributed by atoms with Gasteiger partial charge in [0.25, 0.3) is 0 Å². The molecule has 1 fully saturated rings. The summed E-state index contributed by atoms with van der Waals surface area (Å²) in [5.74, 6) is 0. The molecule has 0 aliphatic heterocycles. The molecule has 2 rings (SSSR count). The molecular weight excluding hydrogens is 263 g/mol. The molecule has 0 unspecified atom stereocenters. The number of unbranched alkanes of at least 4 members (excludes halogenated alkanes) is 2. The molecular formula is C18H31OP. The second-order valence-corrected chi connectivity index (χ2v) is 10.0. The first-order valence-corrected chi connectivity index (χ1v) is 10.9. The molecule has 114 valence electrons. The van der Waals surface area contributed by atoms with Crippen LogP contribution in [0.25, 0.3) is 0 Å². The van der Waals surface area contributed by atoms with Gasteiger partial charge in [-0.1, -0.05) is 0 Å². The van der Waals surface area contributed by atoms with E-state index in [0.29, 0.717) is 6.10 Å². The predicted molar refractivity (Wildman–Crippen MR) is 92.7 cm³/mol. The van der Waals surface area contributed by atoms with Gasteiger partial charge < -0.3 is 0 Å². The van der Waals surface area contributed by atoms with E-state index in [2.05, 4.69) is 44.2 Å². The van der Waals surface area contributed by atoms with Crippen LogP contribution < -0.4 is 5.30 Å². The van der Waals surface area contributed by atoms with Gasteiger partial charge in [0.15, 0.2) is 0 Å². The van der Waals surface area contributed by atoms with E-state index in [1.54, 1.807) is 0 Å². The Labute approximate surface area is 125 Å². The standard InChI is InChI=1S/C18H31OP/c1-3-5-15-20(16-6-4-2,19-17-11-10-12-17)18-13-8-7-9-14-18/h7-9,13-14,17,20H,3-6,10-12,15-16H2,1-2H3. The van der Waals surface area contributed by atoms with Crippen molar-refractivity contribution in [2.45, 2.75) is 64.9 Å². The normalized spacial score (nSPS) is 16.9. The van der Waals surface area contributed by atoms with E-state index < -0.39 is 7.49 Å². The van der Waals surface area contributed by atoms with Gasteiger partial charge in [-0.2, -0.15) is 0 Å². The van der Waals surface area contributed by atoms with Gasteiger partial charge in [-0.3, -0.25) is 0 Å². The van der Waals surface area contributed by atoms with Crippen molar-refractivity contribution < 1.29 is 4.52 Å². The van der Waals surface area contributed by atoms with E-state index in [-0.39, 0.29) is 0 Å². The van der Waals surface area contributed by atoms with Crippen molar-refractivity contribution in [3.63, 3.8) is 0 Å². The molecule has 1 nitrogen and oxygen atoms in total. The van der Waals surface area contributed by atoms with Crippen LogP contribution in [0.2, 0.25) is 0 Å². The number of benzene rings is 1. The molecule has 0 heterocycles. The predicted octanol–water partition coefficient (Wildman–Crippen LogP) is 5.15. The fraction of sp³-hybridized carbons (Fsp3) is 0.667. The van der Waals surface area contributed by atoms with Crippen LogP contribution in [0.5, 0.6) is 0 Å². The Bertz CT molecular complexity index is 364. The summed E-state index contributed by atoms with van der Waals surface area (Å²) >= 11 is 0. The second kappa shape index (κ2) is 8.15. The minimum absolute atomic E-state index is 0.565. The quantitative estimate of drug-likeness (QED) is 0.573. The topological polar surface area (TPSA) is 9.23 Å². The van der Waals surface area contributed by atoms with Crippen molar-refractivity contribution in [3.05, 3.63) is 30.3 Å². The fourth-order valence-electron chi connectivity index (χ4n) is 3.07. The van der Waals surface area contributed by atoms with Crippen molar-refractivity contribution in [1.29, 1.82) is 0 Å². The molecule has 0 amide bonds. The zero-order valence-electron chi connectivity index (χ0n) is 13.2. The van der Waals surface area contributed by atoms with E-state index in [0.717, 1.165) is 0 Å². The summed E-state index contributed by atoms with van der Waals surface area (Å²) in [5, 5.41) is 1.54. The first-order valence-electron chi connectivity index (χ1n) is 8.54. The van der Waals surface area contributed by atoms with Gasteiger partial charge in [-0.25, -0.2) is 0 Å². The van der Waals surface area contributed by atoms with E-state index in [1.165, 1.54) is 62.6 Å². The van der Waals surface area contributed by atoms with Crippen LogP contribution in [0.4, 0.5) is 0 Å². The first kappa shape index (κ1) is 16.0. The SMILES string of the molecule is CCCC[PH](CCCC)(OC1CCC1)c1ccccc1. The van der Waals surface area contributed by atoms with Crippen LogP contribution in [-0.2, 0) is 4.52 Å². The molecule has 2 heteroatoms. The fourth-order valence-corrected chi connectivity index (χ4v) is 7.80. The molecule has 0 radical (unpaired) electrons. The number of hydrogen-bond donors (Lipinski definition) is 0. The van der Waals surface area contributed by atoms with Gasteiger partial charge >= 0.3 is 125 Å². The van der Waals surface area contributed by atoms with Gasteiger partial charge in [-0.15, -0.1) is 0 Å². The second-order valence-electron chi connectivity index (χ2n) is 6.24. The molecule has 0 N–H and O–H groups in total. The van der Waals surface area contributed by atoms with Crippen LogP contribution in [0.3, 0.4) is 0 Å². The Kier molecular flexibility index (Phi) is 6.52. The van der Waals surface area contributed by atoms with E-state index in [1.807, 2.05) is 0 Å². The molecule has 0 atom stereocenters. The van der Waals surface area contributed by atoms with Gasteiger partial charge in [0, 0.05) is 0 Å². The van der Waals surface area contributed by atoms with Crippen molar-refractivity contribution >= 4 is 12.8 Å². The minimum atomic E-state index is -1.75. The molecule has 1 aliphatic rings. The average molecular weight is 294 g/mol. The van der Waals surface area contributed by atoms with Crippen LogP contribution in [0.1, 0.15) is 58.8 Å². The van der Waals surface area contributed by atoms with E-state index in [9.17, 15) is 0 Å². The third-order valence-electron chi connectivity index (χ3n) is 4.61. The zero-order valence-corrected chi connectivity index (χ0v) is 14.2. The summed E-state index contributed by atoms with van der Waals surface area (Å²) in [5.41, 5.74) is 0. The summed E-state index contributed by atoms with van der Waals surface area (Å²) in [4.78, 5) is 0. The van der Waals surface area contributed by atoms with Gasteiger partial charge in [-0.05, 0) is 0 Å². The monoisotopic (exact) mass is 294 g/mol. The Balaban J connectivity index is 2.20. The molecule has 0 aromatic heterocycles. The van der Waals surface area contributed by atoms with Crippen LogP contribution >= 0.6 is 7.49 Å². The van der Waals surface area contributed by atoms with E-state index >= 15 is 0 Å². The van der Waals surface area contributed by atoms with Crippen molar-refractivity contribution in [1.82, 2.24) is 0 Å². The van der Waals surface area contributed by atoms with Gasteiger partial charge in [0.1, 0.15) is 0 Å². The summed E-state index contributed by atoms with van der Waals surface area (Å²) in [6.45, 7) is 4.60. The van der Waals surface area contributed by atoms with Crippen LogP contribution in [0.15, 0.2) is 30.3 Å². The average Bonchev–Trinajstić information content (AvgIpc) is 2.46. The van der Waals surface area contributed by atoms with Crippen molar-refractivity contribution in [2.75, 3.05) is 12.3 Å². The molecule has 1 saturated carbocycles. The maximum absolute atomic E-state index is 6.80. The third kappa shape index (κ3) is 4.06. The van der Waals surface area contributed by atoms with Crippen molar-refractivity contribution in [3.8, 4) is 0 Å². The van der Waals surface area contributed by atoms with Crippen LogP contribution in [-0.4, -0.2) is 18.4 Å². The molecule has 0 spiro atoms. The van der Waals surface area contributed by atoms with Gasteiger partial charge in [0.05, 0.1) is 0 Å². The number of rotatable bonds is 9. The first-order chi connectivity index (χ1) is 9.80. The molecule has 1 aliphatic carbocycles. The summed E-state index contributed by atoms with van der Waals surface area (Å²) in [7, 11) is -1.75. The molecule has 20 heavy (non-hydrogen) atoms. The Morgan fingerprint density at radius 3 is 2.05 bits per heavy atom. The van der Waals surface area contributed by atoms with Crippen LogP contribution in [0, 0.1) is 0 Å². The third-order valence-corrected chi connectivity index (χ3v) is 9.11. The molecule has 0 saturated heterocycles. The summed E-state index contributed by atoms with van der Waals surface area (Å²) in [6.07, 6.45) is 12.3. The summed E-state index contributed by atoms with van der Waals surface area (Å²) < 4.78 is 6.80. The summed E-state index contributed by atoms with van der Waals surface area (Å²) in [6, 6.07) is 11.2. The molecule has 1 aromatic rings. The van der Waals surface area contributed by atoms with Crippen molar-refractivity contribution in [2.24, 2.45) is 0 Å². The molecule has 1 aromatic carbocycles. The number of hydrogen-bond acceptors (Lipinski definition) is 1. The zero-order chi connectivity index (χ0) is 14.3.